The molecule has 1 fully saturated rings. The Labute approximate surface area is 131 Å². The number of aryl methyl sites for hydroxylation is 1. The highest BCUT2D eigenvalue weighted by molar-refractivity contribution is 7.89. The Hall–Kier alpha value is -1.44. The van der Waals surface area contributed by atoms with E-state index in [1.807, 2.05) is 0 Å². The highest BCUT2D eigenvalue weighted by atomic mass is 32.2. The van der Waals surface area contributed by atoms with E-state index in [9.17, 15) is 13.2 Å². The van der Waals surface area contributed by atoms with Gasteiger partial charge >= 0.3 is 0 Å². The maximum Gasteiger partial charge on any atom is 0.242 e. The maximum atomic E-state index is 12.3. The number of hydrogen-bond donors (Lipinski definition) is 2. The molecule has 0 saturated carbocycles. The monoisotopic (exact) mass is 325 g/mol. The van der Waals surface area contributed by atoms with E-state index in [4.69, 9.17) is 0 Å². The van der Waals surface area contributed by atoms with Crippen molar-refractivity contribution < 1.29 is 13.2 Å². The van der Waals surface area contributed by atoms with Gasteiger partial charge in [-0.1, -0.05) is 6.07 Å². The number of nitrogens with zero attached hydrogens (tertiary/aromatic N) is 1. The molecule has 2 N–H and O–H groups in total. The first-order valence-corrected chi connectivity index (χ1v) is 8.81. The molecule has 22 heavy (non-hydrogen) atoms. The zero-order valence-electron chi connectivity index (χ0n) is 13.2. The lowest BCUT2D eigenvalue weighted by Crippen LogP contribution is -2.34. The quantitative estimate of drug-likeness (QED) is 0.871. The molecule has 122 valence electrons. The lowest BCUT2D eigenvalue weighted by molar-refractivity contribution is -0.120. The van der Waals surface area contributed by atoms with E-state index in [1.165, 1.54) is 24.5 Å². The lowest BCUT2D eigenvalue weighted by atomic mass is 9.97. The number of piperidine rings is 1. The Morgan fingerprint density at radius 3 is 2.50 bits per heavy atom. The number of anilines is 1. The Bertz CT molecular complexity index is 650. The fourth-order valence-electron chi connectivity index (χ4n) is 2.48. The molecule has 6 nitrogen and oxygen atoms in total. The van der Waals surface area contributed by atoms with Crippen molar-refractivity contribution in [3.05, 3.63) is 23.8 Å². The molecule has 0 unspecified atom stereocenters. The van der Waals surface area contributed by atoms with Crippen molar-refractivity contribution in [3.8, 4) is 0 Å². The molecule has 1 aromatic carbocycles. The van der Waals surface area contributed by atoms with Crippen molar-refractivity contribution in [2.45, 2.75) is 24.7 Å². The van der Waals surface area contributed by atoms with Crippen LogP contribution in [0.2, 0.25) is 0 Å². The van der Waals surface area contributed by atoms with Gasteiger partial charge in [-0.15, -0.1) is 0 Å². The van der Waals surface area contributed by atoms with E-state index in [2.05, 4.69) is 10.6 Å². The van der Waals surface area contributed by atoms with Crippen LogP contribution in [0.15, 0.2) is 23.1 Å². The Balaban J connectivity index is 2.21. The second-order valence-electron chi connectivity index (χ2n) is 5.78. The SMILES string of the molecule is Cc1ccc(NC(=O)C2CCNCC2)cc1S(=O)(=O)N(C)C. The summed E-state index contributed by atoms with van der Waals surface area (Å²) in [5.74, 6) is -0.0602. The number of hydrogen-bond acceptors (Lipinski definition) is 4. The molecule has 1 aliphatic heterocycles. The lowest BCUT2D eigenvalue weighted by Gasteiger charge is -2.22. The Kier molecular flexibility index (Phi) is 5.20. The van der Waals surface area contributed by atoms with E-state index in [1.54, 1.807) is 19.1 Å². The summed E-state index contributed by atoms with van der Waals surface area (Å²) in [6, 6.07) is 4.99. The third kappa shape index (κ3) is 3.66. The van der Waals surface area contributed by atoms with Crippen molar-refractivity contribution in [2.75, 3.05) is 32.5 Å². The largest absolute Gasteiger partial charge is 0.326 e. The summed E-state index contributed by atoms with van der Waals surface area (Å²) < 4.78 is 25.8. The fraction of sp³-hybridized carbons (Fsp3) is 0.533. The van der Waals surface area contributed by atoms with Gasteiger partial charge in [0.25, 0.3) is 0 Å². The third-order valence-electron chi connectivity index (χ3n) is 3.92. The van der Waals surface area contributed by atoms with Crippen LogP contribution >= 0.6 is 0 Å². The molecular formula is C15H23N3O3S. The summed E-state index contributed by atoms with van der Waals surface area (Å²) in [7, 11) is -0.528. The van der Waals surface area contributed by atoms with Gasteiger partial charge in [0.1, 0.15) is 0 Å². The molecule has 0 aromatic heterocycles. The summed E-state index contributed by atoms with van der Waals surface area (Å²) in [5, 5.41) is 6.06. The molecule has 0 aliphatic carbocycles. The summed E-state index contributed by atoms with van der Waals surface area (Å²) in [5.41, 5.74) is 1.18. The Morgan fingerprint density at radius 1 is 1.27 bits per heavy atom. The normalized spacial score (nSPS) is 16.7. The maximum absolute atomic E-state index is 12.3. The standard InChI is InChI=1S/C15H23N3O3S/c1-11-4-5-13(10-14(11)22(20,21)18(2)3)17-15(19)12-6-8-16-9-7-12/h4-5,10,12,16H,6-9H2,1-3H3,(H,17,19). The molecular weight excluding hydrogens is 302 g/mol. The van der Waals surface area contributed by atoms with E-state index in [0.717, 1.165) is 25.9 Å². The molecule has 1 saturated heterocycles. The predicted octanol–water partition coefficient (Wildman–Crippen LogP) is 1.18. The average molecular weight is 325 g/mol. The highest BCUT2D eigenvalue weighted by Gasteiger charge is 2.23. The Morgan fingerprint density at radius 2 is 1.91 bits per heavy atom. The van der Waals surface area contributed by atoms with E-state index in [0.29, 0.717) is 11.3 Å². The number of carbonyl (C=O) groups is 1. The summed E-state index contributed by atoms with van der Waals surface area (Å²) in [4.78, 5) is 12.5. The first-order valence-electron chi connectivity index (χ1n) is 7.37. The highest BCUT2D eigenvalue weighted by Crippen LogP contribution is 2.23. The van der Waals surface area contributed by atoms with E-state index in [-0.39, 0.29) is 16.7 Å². The molecule has 0 spiro atoms. The molecule has 1 amide bonds. The van der Waals surface area contributed by atoms with Gasteiger partial charge in [-0.3, -0.25) is 4.79 Å². The first-order chi connectivity index (χ1) is 10.3. The number of sulfonamides is 1. The van der Waals surface area contributed by atoms with Gasteiger partial charge in [0.05, 0.1) is 4.90 Å². The van der Waals surface area contributed by atoms with Crippen LogP contribution in [0.4, 0.5) is 5.69 Å². The van der Waals surface area contributed by atoms with Crippen LogP contribution in [-0.2, 0) is 14.8 Å². The zero-order chi connectivity index (χ0) is 16.3. The van der Waals surface area contributed by atoms with Crippen molar-refractivity contribution in [2.24, 2.45) is 5.92 Å². The molecule has 2 rings (SSSR count). The molecule has 1 heterocycles. The summed E-state index contributed by atoms with van der Waals surface area (Å²) in [6.07, 6.45) is 1.61. The van der Waals surface area contributed by atoms with Crippen LogP contribution < -0.4 is 10.6 Å². The molecule has 1 aliphatic rings. The summed E-state index contributed by atoms with van der Waals surface area (Å²) >= 11 is 0. The smallest absolute Gasteiger partial charge is 0.242 e. The van der Waals surface area contributed by atoms with E-state index < -0.39 is 10.0 Å². The van der Waals surface area contributed by atoms with Crippen LogP contribution in [0, 0.1) is 12.8 Å². The van der Waals surface area contributed by atoms with Crippen LogP contribution in [0.25, 0.3) is 0 Å². The van der Waals surface area contributed by atoms with Crippen molar-refractivity contribution in [1.29, 1.82) is 0 Å². The minimum atomic E-state index is -3.52. The van der Waals surface area contributed by atoms with Gasteiger partial charge in [-0.05, 0) is 50.6 Å². The van der Waals surface area contributed by atoms with Crippen molar-refractivity contribution in [1.82, 2.24) is 9.62 Å². The molecule has 0 atom stereocenters. The van der Waals surface area contributed by atoms with Crippen molar-refractivity contribution in [3.63, 3.8) is 0 Å². The van der Waals surface area contributed by atoms with Gasteiger partial charge in [-0.25, -0.2) is 12.7 Å². The number of rotatable bonds is 4. The van der Waals surface area contributed by atoms with Crippen molar-refractivity contribution >= 4 is 21.6 Å². The molecule has 1 aromatic rings. The number of benzene rings is 1. The van der Waals surface area contributed by atoms with Crippen LogP contribution in [-0.4, -0.2) is 45.8 Å². The van der Waals surface area contributed by atoms with Crippen LogP contribution in [0.1, 0.15) is 18.4 Å². The van der Waals surface area contributed by atoms with Crippen LogP contribution in [0.5, 0.6) is 0 Å². The van der Waals surface area contributed by atoms with Gasteiger partial charge in [0.15, 0.2) is 0 Å². The molecule has 7 heteroatoms. The van der Waals surface area contributed by atoms with E-state index >= 15 is 0 Å². The van der Waals surface area contributed by atoms with Gasteiger partial charge in [0.2, 0.25) is 15.9 Å². The topological polar surface area (TPSA) is 78.5 Å². The van der Waals surface area contributed by atoms with Crippen LogP contribution in [0.3, 0.4) is 0 Å². The third-order valence-corrected chi connectivity index (χ3v) is 5.88. The number of nitrogens with one attached hydrogen (secondary N) is 2. The first kappa shape index (κ1) is 16.9. The van der Waals surface area contributed by atoms with Gasteiger partial charge in [0, 0.05) is 25.7 Å². The number of carbonyl (C=O) groups excluding carboxylic acids is 1. The minimum absolute atomic E-state index is 0.0172. The zero-order valence-corrected chi connectivity index (χ0v) is 14.0. The average Bonchev–Trinajstić information content (AvgIpc) is 2.49. The van der Waals surface area contributed by atoms with Gasteiger partial charge in [-0.2, -0.15) is 0 Å². The minimum Gasteiger partial charge on any atom is -0.326 e. The number of amides is 1. The predicted molar refractivity (Wildman–Crippen MR) is 86.3 cm³/mol. The second kappa shape index (κ2) is 6.76. The van der Waals surface area contributed by atoms with Gasteiger partial charge < -0.3 is 10.6 Å². The summed E-state index contributed by atoms with van der Waals surface area (Å²) in [6.45, 7) is 3.42. The fourth-order valence-corrected chi connectivity index (χ4v) is 3.63. The second-order valence-corrected chi connectivity index (χ2v) is 7.90. The molecule has 0 radical (unpaired) electrons. The molecule has 0 bridgehead atoms.